The van der Waals surface area contributed by atoms with Crippen molar-refractivity contribution >= 4 is 57.1 Å². The van der Waals surface area contributed by atoms with Crippen LogP contribution < -0.4 is 19.9 Å². The maximum atomic E-state index is 12.8. The molecule has 0 spiro atoms. The Balaban J connectivity index is 1.99. The molecule has 31 heavy (non-hydrogen) atoms. The lowest BCUT2D eigenvalue weighted by Gasteiger charge is -2.18. The lowest BCUT2D eigenvalue weighted by atomic mass is 10.1. The van der Waals surface area contributed by atoms with E-state index in [9.17, 15) is 14.4 Å². The van der Waals surface area contributed by atoms with Gasteiger partial charge in [0.1, 0.15) is 10.6 Å². The molecule has 0 unspecified atom stereocenters. The molecule has 1 N–H and O–H groups in total. The molecule has 1 saturated heterocycles. The van der Waals surface area contributed by atoms with Gasteiger partial charge in [-0.1, -0.05) is 29.8 Å². The van der Waals surface area contributed by atoms with E-state index in [1.165, 1.54) is 33.3 Å². The first-order valence-corrected chi connectivity index (χ1v) is 10.2. The van der Waals surface area contributed by atoms with Gasteiger partial charge in [0.15, 0.2) is 17.6 Å². The molecule has 1 atom stereocenters. The standard InChI is InChI=1S/C21H18BrClN2O6/c1-11(21(28)30-3)31-18-15(29-2)10-12(16(22)17(18)23)9-14-19(26)24-25(20(14)27)13-7-5-4-6-8-13/h4-11H,1-3H3,(H,24,26)/b14-9-/t11-/m0/s1. The number of nitrogens with zero attached hydrogens (tertiary/aromatic N) is 1. The van der Waals surface area contributed by atoms with E-state index in [1.807, 2.05) is 0 Å². The number of esters is 1. The minimum atomic E-state index is -0.936. The van der Waals surface area contributed by atoms with Crippen molar-refractivity contribution in [2.75, 3.05) is 19.2 Å². The molecule has 162 valence electrons. The Kier molecular flexibility index (Phi) is 6.87. The number of rotatable bonds is 6. The Morgan fingerprint density at radius 1 is 1.23 bits per heavy atom. The van der Waals surface area contributed by atoms with Crippen LogP contribution in [0.4, 0.5) is 5.69 Å². The molecule has 2 aromatic carbocycles. The van der Waals surface area contributed by atoms with Gasteiger partial charge in [-0.25, -0.2) is 9.80 Å². The summed E-state index contributed by atoms with van der Waals surface area (Å²) in [7, 11) is 2.64. The van der Waals surface area contributed by atoms with Crippen LogP contribution in [0.15, 0.2) is 46.4 Å². The van der Waals surface area contributed by atoms with Crippen molar-refractivity contribution in [2.45, 2.75) is 13.0 Å². The predicted octanol–water partition coefficient (Wildman–Crippen LogP) is 3.51. The molecule has 1 aliphatic heterocycles. The molecule has 1 heterocycles. The lowest BCUT2D eigenvalue weighted by Crippen LogP contribution is -2.35. The van der Waals surface area contributed by atoms with Crippen LogP contribution in [0.1, 0.15) is 12.5 Å². The van der Waals surface area contributed by atoms with E-state index in [0.717, 1.165) is 5.01 Å². The summed E-state index contributed by atoms with van der Waals surface area (Å²) in [5.41, 5.74) is 3.38. The third-order valence-corrected chi connectivity index (χ3v) is 5.85. The molecule has 8 nitrogen and oxygen atoms in total. The summed E-state index contributed by atoms with van der Waals surface area (Å²) >= 11 is 9.79. The van der Waals surface area contributed by atoms with E-state index >= 15 is 0 Å². The fourth-order valence-corrected chi connectivity index (χ4v) is 3.49. The fraction of sp³-hybridized carbons (Fsp3) is 0.190. The van der Waals surface area contributed by atoms with Crippen LogP contribution in [0.2, 0.25) is 5.02 Å². The Hall–Kier alpha value is -3.04. The van der Waals surface area contributed by atoms with Crippen molar-refractivity contribution in [1.82, 2.24) is 5.43 Å². The molecule has 0 radical (unpaired) electrons. The molecule has 0 saturated carbocycles. The SMILES string of the molecule is COC(=O)[C@H](C)Oc1c(OC)cc(/C=C2/C(=O)NN(c3ccccc3)C2=O)c(Br)c1Cl. The summed E-state index contributed by atoms with van der Waals surface area (Å²) in [6.07, 6.45) is 0.459. The van der Waals surface area contributed by atoms with Gasteiger partial charge in [0, 0.05) is 4.47 Å². The molecule has 0 aromatic heterocycles. The van der Waals surface area contributed by atoms with Gasteiger partial charge in [-0.3, -0.25) is 15.0 Å². The smallest absolute Gasteiger partial charge is 0.346 e. The third-order valence-electron chi connectivity index (χ3n) is 4.41. The van der Waals surface area contributed by atoms with Gasteiger partial charge in [-0.2, -0.15) is 0 Å². The number of carbonyl (C=O) groups excluding carboxylic acids is 3. The van der Waals surface area contributed by atoms with E-state index in [2.05, 4.69) is 26.1 Å². The van der Waals surface area contributed by atoms with Gasteiger partial charge in [0.2, 0.25) is 0 Å². The Bertz CT molecular complexity index is 1070. The van der Waals surface area contributed by atoms with Crippen LogP contribution in [0.3, 0.4) is 0 Å². The Labute approximate surface area is 191 Å². The Morgan fingerprint density at radius 2 is 1.90 bits per heavy atom. The van der Waals surface area contributed by atoms with Gasteiger partial charge in [-0.05, 0) is 52.7 Å². The first kappa shape index (κ1) is 22.6. The summed E-state index contributed by atoms with van der Waals surface area (Å²) in [5.74, 6) is -1.34. The average molecular weight is 510 g/mol. The highest BCUT2D eigenvalue weighted by Gasteiger charge is 2.35. The van der Waals surface area contributed by atoms with Crippen LogP contribution in [0.5, 0.6) is 11.5 Å². The van der Waals surface area contributed by atoms with E-state index in [-0.39, 0.29) is 22.1 Å². The zero-order valence-corrected chi connectivity index (χ0v) is 19.1. The van der Waals surface area contributed by atoms with Gasteiger partial charge in [0.05, 0.1) is 19.9 Å². The molecule has 2 aromatic rings. The summed E-state index contributed by atoms with van der Waals surface area (Å²) in [4.78, 5) is 36.9. The molecule has 0 aliphatic carbocycles. The molecule has 3 rings (SSSR count). The largest absolute Gasteiger partial charge is 0.493 e. The molecular weight excluding hydrogens is 492 g/mol. The number of carbonyl (C=O) groups is 3. The van der Waals surface area contributed by atoms with E-state index < -0.39 is 23.9 Å². The molecule has 0 bridgehead atoms. The molecule has 1 fully saturated rings. The molecular formula is C21H18BrClN2O6. The van der Waals surface area contributed by atoms with Gasteiger partial charge >= 0.3 is 5.97 Å². The van der Waals surface area contributed by atoms with Gasteiger partial charge < -0.3 is 14.2 Å². The van der Waals surface area contributed by atoms with Crippen molar-refractivity contribution in [2.24, 2.45) is 0 Å². The van der Waals surface area contributed by atoms with Crippen LogP contribution >= 0.6 is 27.5 Å². The summed E-state index contributed by atoms with van der Waals surface area (Å²) in [6.45, 7) is 1.51. The summed E-state index contributed by atoms with van der Waals surface area (Å²) < 4.78 is 16.0. The van der Waals surface area contributed by atoms with E-state index in [4.69, 9.17) is 21.1 Å². The molecule has 1 aliphatic rings. The monoisotopic (exact) mass is 508 g/mol. The highest BCUT2D eigenvalue weighted by molar-refractivity contribution is 9.10. The quantitative estimate of drug-likeness (QED) is 0.364. The number of para-hydroxylation sites is 1. The summed E-state index contributed by atoms with van der Waals surface area (Å²) in [5, 5.41) is 1.27. The number of ether oxygens (including phenoxy) is 3. The van der Waals surface area contributed by atoms with Crippen LogP contribution in [0, 0.1) is 0 Å². The van der Waals surface area contributed by atoms with Crippen molar-refractivity contribution in [3.63, 3.8) is 0 Å². The minimum Gasteiger partial charge on any atom is -0.493 e. The van der Waals surface area contributed by atoms with Crippen LogP contribution in [-0.4, -0.2) is 38.1 Å². The van der Waals surface area contributed by atoms with Crippen molar-refractivity contribution < 1.29 is 28.6 Å². The second kappa shape index (κ2) is 9.40. The van der Waals surface area contributed by atoms with Crippen molar-refractivity contribution in [3.8, 4) is 11.5 Å². The number of benzene rings is 2. The highest BCUT2D eigenvalue weighted by Crippen LogP contribution is 2.44. The normalized spacial score (nSPS) is 15.6. The number of hydrogen-bond donors (Lipinski definition) is 1. The number of amides is 2. The summed E-state index contributed by atoms with van der Waals surface area (Å²) in [6, 6.07) is 10.3. The average Bonchev–Trinajstić information content (AvgIpc) is 3.06. The van der Waals surface area contributed by atoms with Crippen LogP contribution in [-0.2, 0) is 19.1 Å². The number of hydrogen-bond acceptors (Lipinski definition) is 6. The van der Waals surface area contributed by atoms with Crippen molar-refractivity contribution in [3.05, 3.63) is 57.0 Å². The topological polar surface area (TPSA) is 94.2 Å². The first-order valence-electron chi connectivity index (χ1n) is 9.01. The van der Waals surface area contributed by atoms with Crippen LogP contribution in [0.25, 0.3) is 6.08 Å². The molecule has 2 amide bonds. The first-order chi connectivity index (χ1) is 14.8. The third kappa shape index (κ3) is 4.52. The Morgan fingerprint density at radius 3 is 2.52 bits per heavy atom. The maximum absolute atomic E-state index is 12.8. The predicted molar refractivity (Wildman–Crippen MR) is 118 cm³/mol. The number of nitrogens with one attached hydrogen (secondary N) is 1. The van der Waals surface area contributed by atoms with Gasteiger partial charge in [0.25, 0.3) is 11.8 Å². The highest BCUT2D eigenvalue weighted by atomic mass is 79.9. The zero-order valence-electron chi connectivity index (χ0n) is 16.8. The zero-order chi connectivity index (χ0) is 22.7. The number of hydrazine groups is 1. The van der Waals surface area contributed by atoms with E-state index in [1.54, 1.807) is 30.3 Å². The van der Waals surface area contributed by atoms with E-state index in [0.29, 0.717) is 15.7 Å². The number of halogens is 2. The second-order valence-corrected chi connectivity index (χ2v) is 7.55. The fourth-order valence-electron chi connectivity index (χ4n) is 2.83. The number of methoxy groups -OCH3 is 2. The lowest BCUT2D eigenvalue weighted by molar-refractivity contribution is -0.148. The molecule has 10 heteroatoms. The minimum absolute atomic E-state index is 0.0840. The number of anilines is 1. The van der Waals surface area contributed by atoms with Gasteiger partial charge in [-0.15, -0.1) is 0 Å². The second-order valence-electron chi connectivity index (χ2n) is 6.38. The maximum Gasteiger partial charge on any atom is 0.346 e. The van der Waals surface area contributed by atoms with Crippen molar-refractivity contribution in [1.29, 1.82) is 0 Å².